The van der Waals surface area contributed by atoms with Crippen LogP contribution < -0.4 is 10.6 Å². The molecule has 0 unspecified atom stereocenters. The maximum atomic E-state index is 12.0. The van der Waals surface area contributed by atoms with E-state index in [-0.39, 0.29) is 12.5 Å². The van der Waals surface area contributed by atoms with E-state index in [1.165, 1.54) is 16.2 Å². The smallest absolute Gasteiger partial charge is 0.321 e. The quantitative estimate of drug-likeness (QED) is 0.793. The Balaban J connectivity index is 1.60. The first-order valence-corrected chi connectivity index (χ1v) is 7.68. The van der Waals surface area contributed by atoms with Gasteiger partial charge in [-0.1, -0.05) is 0 Å². The lowest BCUT2D eigenvalue weighted by Gasteiger charge is -2.41. The minimum absolute atomic E-state index is 0.0191. The molecule has 0 radical (unpaired) electrons. The molecule has 3 N–H and O–H groups in total. The van der Waals surface area contributed by atoms with Gasteiger partial charge in [-0.3, -0.25) is 10.1 Å². The van der Waals surface area contributed by atoms with Gasteiger partial charge >= 0.3 is 12.0 Å². The molecule has 0 atom stereocenters. The van der Waals surface area contributed by atoms with Gasteiger partial charge in [0.2, 0.25) is 0 Å². The highest BCUT2D eigenvalue weighted by atomic mass is 32.1. The van der Waals surface area contributed by atoms with Crippen molar-refractivity contribution in [3.8, 4) is 0 Å². The summed E-state index contributed by atoms with van der Waals surface area (Å²) < 4.78 is 0. The molecule has 108 valence electrons. The highest BCUT2D eigenvalue weighted by Gasteiger charge is 2.40. The zero-order valence-electron chi connectivity index (χ0n) is 11.1. The third-order valence-corrected chi connectivity index (χ3v) is 5.07. The summed E-state index contributed by atoms with van der Waals surface area (Å²) in [6.07, 6.45) is 5.55. The Hall–Kier alpha value is -1.63. The zero-order valence-corrected chi connectivity index (χ0v) is 11.9. The molecule has 2 amide bonds. The van der Waals surface area contributed by atoms with E-state index in [1.807, 2.05) is 0 Å². The molecular formula is C13H17N3O3S. The number of carbonyl (C=O) groups excluding carboxylic acids is 1. The van der Waals surface area contributed by atoms with E-state index in [0.29, 0.717) is 5.13 Å². The van der Waals surface area contributed by atoms with Gasteiger partial charge in [0.25, 0.3) is 0 Å². The van der Waals surface area contributed by atoms with E-state index in [4.69, 9.17) is 5.11 Å². The van der Waals surface area contributed by atoms with E-state index in [2.05, 4.69) is 15.6 Å². The molecule has 0 spiro atoms. The maximum absolute atomic E-state index is 12.0. The standard InChI is InChI=1S/C13H17N3O3S/c17-10(18)7-13(5-2-6-13)16-11(19)15-12-14-8-3-1-4-9(8)20-12/h1-7H2,(H,17,18)(H2,14,15,16,19). The molecule has 2 aliphatic rings. The number of anilines is 1. The number of hydrogen-bond donors (Lipinski definition) is 3. The Bertz CT molecular complexity index is 530. The van der Waals surface area contributed by atoms with Crippen molar-refractivity contribution in [1.82, 2.24) is 10.3 Å². The van der Waals surface area contributed by atoms with E-state index < -0.39 is 11.5 Å². The number of aromatic nitrogens is 1. The van der Waals surface area contributed by atoms with E-state index >= 15 is 0 Å². The number of hydrogen-bond acceptors (Lipinski definition) is 4. The van der Waals surface area contributed by atoms with Crippen molar-refractivity contribution >= 4 is 28.5 Å². The van der Waals surface area contributed by atoms with Gasteiger partial charge in [-0.25, -0.2) is 9.78 Å². The summed E-state index contributed by atoms with van der Waals surface area (Å²) in [5.41, 5.74) is 0.518. The van der Waals surface area contributed by atoms with Gasteiger partial charge in [-0.05, 0) is 38.5 Å². The highest BCUT2D eigenvalue weighted by Crippen LogP contribution is 2.35. The van der Waals surface area contributed by atoms with Gasteiger partial charge in [-0.2, -0.15) is 0 Å². The van der Waals surface area contributed by atoms with Crippen LogP contribution in [0.5, 0.6) is 0 Å². The predicted octanol–water partition coefficient (Wildman–Crippen LogP) is 2.15. The average Bonchev–Trinajstić information content (AvgIpc) is 2.85. The third-order valence-electron chi connectivity index (χ3n) is 4.00. The van der Waals surface area contributed by atoms with E-state index in [0.717, 1.165) is 44.2 Å². The minimum atomic E-state index is -0.877. The first kappa shape index (κ1) is 13.4. The molecule has 2 aliphatic carbocycles. The fourth-order valence-corrected chi connectivity index (χ4v) is 3.90. The average molecular weight is 295 g/mol. The second kappa shape index (κ2) is 5.05. The number of aryl methyl sites for hydroxylation is 2. The fourth-order valence-electron chi connectivity index (χ4n) is 2.85. The van der Waals surface area contributed by atoms with Crippen molar-refractivity contribution < 1.29 is 14.7 Å². The van der Waals surface area contributed by atoms with Crippen LogP contribution in [-0.2, 0) is 17.6 Å². The number of carboxylic acid groups (broad SMARTS) is 1. The number of carbonyl (C=O) groups is 2. The monoisotopic (exact) mass is 295 g/mol. The van der Waals surface area contributed by atoms with Crippen LogP contribution in [0.25, 0.3) is 0 Å². The lowest BCUT2D eigenvalue weighted by atomic mass is 9.74. The SMILES string of the molecule is O=C(O)CC1(NC(=O)Nc2nc3c(s2)CCC3)CCC1. The summed E-state index contributed by atoms with van der Waals surface area (Å²) in [6, 6.07) is -0.349. The summed E-state index contributed by atoms with van der Waals surface area (Å²) in [6.45, 7) is 0. The van der Waals surface area contributed by atoms with Crippen molar-refractivity contribution in [3.05, 3.63) is 10.6 Å². The molecule has 3 rings (SSSR count). The number of nitrogens with zero attached hydrogens (tertiary/aromatic N) is 1. The maximum Gasteiger partial charge on any atom is 0.321 e. The Morgan fingerprint density at radius 3 is 2.70 bits per heavy atom. The Kier molecular flexibility index (Phi) is 3.37. The first-order valence-electron chi connectivity index (χ1n) is 6.86. The number of rotatable bonds is 4. The second-order valence-corrected chi connectivity index (χ2v) is 6.61. The van der Waals surface area contributed by atoms with Gasteiger partial charge in [0.05, 0.1) is 17.7 Å². The molecule has 0 aromatic carbocycles. The van der Waals surface area contributed by atoms with Crippen LogP contribution in [-0.4, -0.2) is 27.6 Å². The number of urea groups is 1. The van der Waals surface area contributed by atoms with Crippen LogP contribution in [0.1, 0.15) is 42.7 Å². The van der Waals surface area contributed by atoms with Crippen molar-refractivity contribution in [3.63, 3.8) is 0 Å². The Morgan fingerprint density at radius 1 is 1.30 bits per heavy atom. The molecule has 1 fully saturated rings. The molecule has 7 heteroatoms. The zero-order chi connectivity index (χ0) is 14.2. The summed E-state index contributed by atoms with van der Waals surface area (Å²) in [4.78, 5) is 28.5. The van der Waals surface area contributed by atoms with Gasteiger partial charge in [-0.15, -0.1) is 11.3 Å². The number of thiazole rings is 1. The van der Waals surface area contributed by atoms with Gasteiger partial charge in [0.1, 0.15) is 0 Å². The van der Waals surface area contributed by atoms with Crippen LogP contribution in [0, 0.1) is 0 Å². The summed E-state index contributed by atoms with van der Waals surface area (Å²) in [7, 11) is 0. The van der Waals surface area contributed by atoms with Crippen LogP contribution in [0.3, 0.4) is 0 Å². The Labute approximate surface area is 120 Å². The van der Waals surface area contributed by atoms with Gasteiger partial charge in [0, 0.05) is 4.88 Å². The van der Waals surface area contributed by atoms with Crippen LogP contribution in [0.2, 0.25) is 0 Å². The van der Waals surface area contributed by atoms with Crippen molar-refractivity contribution in [2.24, 2.45) is 0 Å². The number of aliphatic carboxylic acids is 1. The number of carboxylic acids is 1. The molecule has 1 aromatic rings. The topological polar surface area (TPSA) is 91.3 Å². The lowest BCUT2D eigenvalue weighted by molar-refractivity contribution is -0.139. The molecule has 0 bridgehead atoms. The second-order valence-electron chi connectivity index (χ2n) is 5.53. The molecule has 20 heavy (non-hydrogen) atoms. The van der Waals surface area contributed by atoms with Crippen LogP contribution >= 0.6 is 11.3 Å². The molecule has 1 saturated carbocycles. The summed E-state index contributed by atoms with van der Waals surface area (Å²) in [5, 5.41) is 15.1. The van der Waals surface area contributed by atoms with Crippen LogP contribution in [0.4, 0.5) is 9.93 Å². The van der Waals surface area contributed by atoms with Crippen molar-refractivity contribution in [2.45, 2.75) is 50.5 Å². The molecule has 1 aromatic heterocycles. The number of nitrogens with one attached hydrogen (secondary N) is 2. The third kappa shape index (κ3) is 2.63. The van der Waals surface area contributed by atoms with E-state index in [9.17, 15) is 9.59 Å². The summed E-state index contributed by atoms with van der Waals surface area (Å²) >= 11 is 1.52. The number of amides is 2. The van der Waals surface area contributed by atoms with Crippen LogP contribution in [0.15, 0.2) is 0 Å². The minimum Gasteiger partial charge on any atom is -0.481 e. The summed E-state index contributed by atoms with van der Waals surface area (Å²) in [5.74, 6) is -0.877. The first-order chi connectivity index (χ1) is 9.56. The van der Waals surface area contributed by atoms with Crippen molar-refractivity contribution in [2.75, 3.05) is 5.32 Å². The largest absolute Gasteiger partial charge is 0.481 e. The molecule has 0 aliphatic heterocycles. The molecule has 6 nitrogen and oxygen atoms in total. The van der Waals surface area contributed by atoms with Crippen molar-refractivity contribution in [1.29, 1.82) is 0 Å². The normalized spacial score (nSPS) is 19.0. The highest BCUT2D eigenvalue weighted by molar-refractivity contribution is 7.15. The van der Waals surface area contributed by atoms with E-state index in [1.54, 1.807) is 0 Å². The molecule has 1 heterocycles. The fraction of sp³-hybridized carbons (Fsp3) is 0.615. The molecule has 0 saturated heterocycles. The number of fused-ring (bicyclic) bond motifs is 1. The van der Waals surface area contributed by atoms with Gasteiger partial charge < -0.3 is 10.4 Å². The lowest BCUT2D eigenvalue weighted by Crippen LogP contribution is -2.55. The molecular weight excluding hydrogens is 278 g/mol. The van der Waals surface area contributed by atoms with Gasteiger partial charge in [0.15, 0.2) is 5.13 Å². The Morgan fingerprint density at radius 2 is 2.10 bits per heavy atom. The predicted molar refractivity (Wildman–Crippen MR) is 75.1 cm³/mol.